The van der Waals surface area contributed by atoms with Gasteiger partial charge in [-0.2, -0.15) is 0 Å². The summed E-state index contributed by atoms with van der Waals surface area (Å²) in [5, 5.41) is 0. The monoisotopic (exact) mass is 236 g/mol. The summed E-state index contributed by atoms with van der Waals surface area (Å²) in [5.74, 6) is -0.968. The van der Waals surface area contributed by atoms with Crippen LogP contribution in [0.25, 0.3) is 0 Å². The second kappa shape index (κ2) is 4.86. The van der Waals surface area contributed by atoms with Crippen LogP contribution < -0.4 is 15.4 Å². The Morgan fingerprint density at radius 3 is 2.29 bits per heavy atom. The van der Waals surface area contributed by atoms with Gasteiger partial charge in [0.25, 0.3) is 0 Å². The first-order valence-corrected chi connectivity index (χ1v) is 5.11. The number of amides is 2. The van der Waals surface area contributed by atoms with E-state index in [4.69, 9.17) is 10.5 Å². The summed E-state index contributed by atoms with van der Waals surface area (Å²) in [5.41, 5.74) is 7.41. The number of nitrogens with two attached hydrogens (primary N) is 1. The maximum Gasteiger partial charge on any atom is 0.315 e. The molecule has 0 spiro atoms. The van der Waals surface area contributed by atoms with Crippen molar-refractivity contribution in [1.82, 2.24) is 0 Å². The summed E-state index contributed by atoms with van der Waals surface area (Å²) < 4.78 is 5.17. The van der Waals surface area contributed by atoms with E-state index >= 15 is 0 Å². The van der Waals surface area contributed by atoms with Gasteiger partial charge in [0.1, 0.15) is 5.75 Å². The van der Waals surface area contributed by atoms with Crippen molar-refractivity contribution < 1.29 is 14.3 Å². The van der Waals surface area contributed by atoms with Gasteiger partial charge in [0, 0.05) is 12.7 Å². The molecule has 0 aromatic heterocycles. The van der Waals surface area contributed by atoms with Gasteiger partial charge >= 0.3 is 11.8 Å². The highest BCUT2D eigenvalue weighted by molar-refractivity contribution is 6.39. The van der Waals surface area contributed by atoms with Crippen LogP contribution in [0.1, 0.15) is 11.1 Å². The standard InChI is InChI=1S/C12H16N2O3/c1-7-8(2)10(17-4)6-5-9(7)14(3)12(16)11(13)15/h5-6H,1-4H3,(H2,13,15). The summed E-state index contributed by atoms with van der Waals surface area (Å²) in [6.07, 6.45) is 0. The molecule has 0 atom stereocenters. The average molecular weight is 236 g/mol. The predicted molar refractivity (Wildman–Crippen MR) is 65.1 cm³/mol. The van der Waals surface area contributed by atoms with Crippen LogP contribution in [-0.4, -0.2) is 26.0 Å². The lowest BCUT2D eigenvalue weighted by molar-refractivity contribution is -0.135. The van der Waals surface area contributed by atoms with Crippen LogP contribution in [0.5, 0.6) is 5.75 Å². The van der Waals surface area contributed by atoms with Gasteiger partial charge in [0.05, 0.1) is 7.11 Å². The molecule has 5 heteroatoms. The lowest BCUT2D eigenvalue weighted by Crippen LogP contribution is -2.38. The third kappa shape index (κ3) is 2.38. The molecule has 0 heterocycles. The van der Waals surface area contributed by atoms with E-state index in [1.165, 1.54) is 11.9 Å². The van der Waals surface area contributed by atoms with Crippen molar-refractivity contribution >= 4 is 17.5 Å². The van der Waals surface area contributed by atoms with Crippen LogP contribution in [-0.2, 0) is 9.59 Å². The number of primary amides is 1. The molecular formula is C12H16N2O3. The highest BCUT2D eigenvalue weighted by atomic mass is 16.5. The Kier molecular flexibility index (Phi) is 3.73. The van der Waals surface area contributed by atoms with Gasteiger partial charge in [-0.3, -0.25) is 9.59 Å². The fraction of sp³-hybridized carbons (Fsp3) is 0.333. The van der Waals surface area contributed by atoms with E-state index in [9.17, 15) is 9.59 Å². The van der Waals surface area contributed by atoms with Gasteiger partial charge in [0.2, 0.25) is 0 Å². The van der Waals surface area contributed by atoms with Crippen LogP contribution in [0.3, 0.4) is 0 Å². The van der Waals surface area contributed by atoms with Gasteiger partial charge in [-0.15, -0.1) is 0 Å². The summed E-state index contributed by atoms with van der Waals surface area (Å²) in [4.78, 5) is 23.6. The second-order valence-electron chi connectivity index (χ2n) is 3.77. The first-order valence-electron chi connectivity index (χ1n) is 5.11. The number of hydrogen-bond donors (Lipinski definition) is 1. The number of hydrogen-bond acceptors (Lipinski definition) is 3. The number of likely N-dealkylation sites (N-methyl/N-ethyl adjacent to an activating group) is 1. The summed E-state index contributed by atoms with van der Waals surface area (Å²) >= 11 is 0. The van der Waals surface area contributed by atoms with Crippen molar-refractivity contribution in [3.8, 4) is 5.75 Å². The Bertz CT molecular complexity index is 469. The van der Waals surface area contributed by atoms with Crippen molar-refractivity contribution in [2.45, 2.75) is 13.8 Å². The Balaban J connectivity index is 3.20. The minimum atomic E-state index is -0.972. The van der Waals surface area contributed by atoms with Crippen molar-refractivity contribution in [2.24, 2.45) is 5.73 Å². The van der Waals surface area contributed by atoms with Gasteiger partial charge in [-0.1, -0.05) is 0 Å². The Labute approximate surface area is 100 Å². The molecule has 5 nitrogen and oxygen atoms in total. The number of ether oxygens (including phenoxy) is 1. The number of carbonyl (C=O) groups is 2. The van der Waals surface area contributed by atoms with E-state index in [2.05, 4.69) is 0 Å². The smallest absolute Gasteiger partial charge is 0.315 e. The van der Waals surface area contributed by atoms with E-state index in [-0.39, 0.29) is 0 Å². The molecular weight excluding hydrogens is 220 g/mol. The van der Waals surface area contributed by atoms with Gasteiger partial charge < -0.3 is 15.4 Å². The predicted octanol–water partition coefficient (Wildman–Crippen LogP) is 0.760. The number of carbonyl (C=O) groups excluding carboxylic acids is 2. The molecule has 0 aliphatic heterocycles. The quantitative estimate of drug-likeness (QED) is 0.770. The zero-order valence-corrected chi connectivity index (χ0v) is 10.4. The molecule has 1 rings (SSSR count). The Hall–Kier alpha value is -2.04. The first kappa shape index (κ1) is 13.0. The molecule has 0 saturated carbocycles. The van der Waals surface area contributed by atoms with Crippen molar-refractivity contribution in [1.29, 1.82) is 0 Å². The lowest BCUT2D eigenvalue weighted by Gasteiger charge is -2.20. The summed E-state index contributed by atoms with van der Waals surface area (Å²) in [7, 11) is 3.10. The number of benzene rings is 1. The molecule has 0 fully saturated rings. The number of rotatable bonds is 2. The summed E-state index contributed by atoms with van der Waals surface area (Å²) in [6, 6.07) is 3.48. The molecule has 2 amide bonds. The fourth-order valence-electron chi connectivity index (χ4n) is 1.64. The van der Waals surface area contributed by atoms with E-state index in [1.54, 1.807) is 19.2 Å². The van der Waals surface area contributed by atoms with Crippen molar-refractivity contribution in [3.05, 3.63) is 23.3 Å². The van der Waals surface area contributed by atoms with Crippen molar-refractivity contribution in [2.75, 3.05) is 19.1 Å². The highest BCUT2D eigenvalue weighted by Gasteiger charge is 2.19. The molecule has 0 radical (unpaired) electrons. The first-order chi connectivity index (χ1) is 7.90. The molecule has 0 saturated heterocycles. The number of anilines is 1. The number of methoxy groups -OCH3 is 1. The molecule has 92 valence electrons. The molecule has 0 aliphatic rings. The maximum atomic E-state index is 11.5. The molecule has 1 aromatic rings. The third-order valence-electron chi connectivity index (χ3n) is 2.81. The SMILES string of the molecule is COc1ccc(N(C)C(=O)C(N)=O)c(C)c1C. The molecule has 1 aromatic carbocycles. The highest BCUT2D eigenvalue weighted by Crippen LogP contribution is 2.29. The Morgan fingerprint density at radius 1 is 1.24 bits per heavy atom. The largest absolute Gasteiger partial charge is 0.496 e. The van der Waals surface area contributed by atoms with E-state index in [1.807, 2.05) is 13.8 Å². The van der Waals surface area contributed by atoms with E-state index in [0.717, 1.165) is 16.9 Å². The van der Waals surface area contributed by atoms with Gasteiger partial charge in [-0.05, 0) is 37.1 Å². The van der Waals surface area contributed by atoms with Gasteiger partial charge in [-0.25, -0.2) is 0 Å². The maximum absolute atomic E-state index is 11.5. The summed E-state index contributed by atoms with van der Waals surface area (Å²) in [6.45, 7) is 3.75. The van der Waals surface area contributed by atoms with E-state index in [0.29, 0.717) is 5.69 Å². The van der Waals surface area contributed by atoms with Crippen LogP contribution >= 0.6 is 0 Å². The minimum Gasteiger partial charge on any atom is -0.496 e. The van der Waals surface area contributed by atoms with Crippen LogP contribution in [0.4, 0.5) is 5.69 Å². The zero-order chi connectivity index (χ0) is 13.2. The van der Waals surface area contributed by atoms with E-state index < -0.39 is 11.8 Å². The molecule has 2 N–H and O–H groups in total. The van der Waals surface area contributed by atoms with Crippen LogP contribution in [0.15, 0.2) is 12.1 Å². The molecule has 0 aliphatic carbocycles. The molecule has 17 heavy (non-hydrogen) atoms. The zero-order valence-electron chi connectivity index (χ0n) is 10.4. The lowest BCUT2D eigenvalue weighted by atomic mass is 10.1. The topological polar surface area (TPSA) is 72.6 Å². The Morgan fingerprint density at radius 2 is 1.82 bits per heavy atom. The average Bonchev–Trinajstić information content (AvgIpc) is 2.30. The molecule has 0 bridgehead atoms. The molecule has 0 unspecified atom stereocenters. The minimum absolute atomic E-state index is 0.645. The second-order valence-corrected chi connectivity index (χ2v) is 3.77. The van der Waals surface area contributed by atoms with Gasteiger partial charge in [0.15, 0.2) is 0 Å². The van der Waals surface area contributed by atoms with Crippen LogP contribution in [0, 0.1) is 13.8 Å². The number of nitrogens with zero attached hydrogens (tertiary/aromatic N) is 1. The third-order valence-corrected chi connectivity index (χ3v) is 2.81. The van der Waals surface area contributed by atoms with Crippen molar-refractivity contribution in [3.63, 3.8) is 0 Å². The normalized spacial score (nSPS) is 9.88. The van der Waals surface area contributed by atoms with Crippen LogP contribution in [0.2, 0.25) is 0 Å². The fourth-order valence-corrected chi connectivity index (χ4v) is 1.64.